The maximum atomic E-state index is 12.4. The molecular formula is C24H20ClN5O6. The van der Waals surface area contributed by atoms with Crippen molar-refractivity contribution in [2.75, 3.05) is 7.11 Å². The van der Waals surface area contributed by atoms with E-state index in [1.807, 2.05) is 0 Å². The fourth-order valence-electron chi connectivity index (χ4n) is 3.27. The van der Waals surface area contributed by atoms with Gasteiger partial charge in [-0.1, -0.05) is 23.7 Å². The van der Waals surface area contributed by atoms with E-state index in [-0.39, 0.29) is 23.8 Å². The molecule has 2 aromatic carbocycles. The molecule has 0 aliphatic carbocycles. The van der Waals surface area contributed by atoms with Gasteiger partial charge in [-0.2, -0.15) is 10.2 Å². The molecular weight excluding hydrogens is 490 g/mol. The van der Waals surface area contributed by atoms with Crippen molar-refractivity contribution in [2.24, 2.45) is 5.10 Å². The summed E-state index contributed by atoms with van der Waals surface area (Å²) in [5.74, 6) is 0.779. The highest BCUT2D eigenvalue weighted by Gasteiger charge is 2.15. The molecule has 12 heteroatoms. The Morgan fingerprint density at radius 3 is 2.83 bits per heavy atom. The smallest absolute Gasteiger partial charge is 0.310 e. The maximum absolute atomic E-state index is 12.4. The predicted molar refractivity (Wildman–Crippen MR) is 131 cm³/mol. The summed E-state index contributed by atoms with van der Waals surface area (Å²) >= 11 is 5.85. The largest absolute Gasteiger partial charge is 0.496 e. The zero-order valence-electron chi connectivity index (χ0n) is 19.0. The summed E-state index contributed by atoms with van der Waals surface area (Å²) in [5, 5.41) is 19.7. The van der Waals surface area contributed by atoms with E-state index in [1.54, 1.807) is 47.3 Å². The van der Waals surface area contributed by atoms with Crippen LogP contribution >= 0.6 is 11.6 Å². The van der Waals surface area contributed by atoms with E-state index >= 15 is 0 Å². The first-order valence-electron chi connectivity index (χ1n) is 10.6. The number of rotatable bonds is 10. The predicted octanol–water partition coefficient (Wildman–Crippen LogP) is 4.44. The van der Waals surface area contributed by atoms with Gasteiger partial charge in [0.1, 0.15) is 18.1 Å². The Hall–Kier alpha value is -4.64. The molecule has 2 aromatic heterocycles. The summed E-state index contributed by atoms with van der Waals surface area (Å²) in [6, 6.07) is 14.5. The zero-order valence-corrected chi connectivity index (χ0v) is 19.7. The van der Waals surface area contributed by atoms with E-state index < -0.39 is 10.8 Å². The second-order valence-electron chi connectivity index (χ2n) is 7.41. The van der Waals surface area contributed by atoms with Crippen molar-refractivity contribution in [1.82, 2.24) is 15.2 Å². The van der Waals surface area contributed by atoms with Crippen molar-refractivity contribution in [2.45, 2.75) is 13.2 Å². The number of nitro groups is 1. The summed E-state index contributed by atoms with van der Waals surface area (Å²) in [4.78, 5) is 23.1. The standard InChI is InChI=1S/C24H20ClN5O6/c1-34-21-8-6-16(10-17(21)15-35-22-5-3-2-4-20(22)30(32)33)11-26-28-24(31)23-9-7-19(36-23)14-29-13-18(25)12-27-29/h2-13H,14-15H2,1H3,(H,28,31)/b26-11+. The van der Waals surface area contributed by atoms with E-state index in [0.717, 1.165) is 0 Å². The lowest BCUT2D eigenvalue weighted by Crippen LogP contribution is -2.16. The van der Waals surface area contributed by atoms with Crippen molar-refractivity contribution < 1.29 is 23.6 Å². The number of methoxy groups -OCH3 is 1. The van der Waals surface area contributed by atoms with Gasteiger partial charge in [0.15, 0.2) is 11.5 Å². The van der Waals surface area contributed by atoms with Crippen LogP contribution in [0, 0.1) is 10.1 Å². The van der Waals surface area contributed by atoms with Crippen LogP contribution in [-0.4, -0.2) is 33.9 Å². The van der Waals surface area contributed by atoms with Crippen molar-refractivity contribution in [3.05, 3.63) is 105 Å². The van der Waals surface area contributed by atoms with Crippen molar-refractivity contribution in [3.63, 3.8) is 0 Å². The minimum Gasteiger partial charge on any atom is -0.496 e. The van der Waals surface area contributed by atoms with Crippen molar-refractivity contribution in [3.8, 4) is 11.5 Å². The van der Waals surface area contributed by atoms with Gasteiger partial charge in [-0.25, -0.2) is 5.43 Å². The number of carbonyl (C=O) groups excluding carboxylic acids is 1. The van der Waals surface area contributed by atoms with Crippen LogP contribution in [0.4, 0.5) is 5.69 Å². The number of amides is 1. The van der Waals surface area contributed by atoms with E-state index in [1.165, 1.54) is 37.7 Å². The van der Waals surface area contributed by atoms with Gasteiger partial charge in [-0.3, -0.25) is 19.6 Å². The Kier molecular flexibility index (Phi) is 7.61. The molecule has 184 valence electrons. The Labute approximate surface area is 210 Å². The number of furan rings is 1. The van der Waals surface area contributed by atoms with Crippen molar-refractivity contribution in [1.29, 1.82) is 0 Å². The SMILES string of the molecule is COc1ccc(/C=N/NC(=O)c2ccc(Cn3cc(Cl)cn3)o2)cc1COc1ccccc1[N+](=O)[O-]. The highest BCUT2D eigenvalue weighted by atomic mass is 35.5. The Morgan fingerprint density at radius 1 is 1.25 bits per heavy atom. The number of hydrogen-bond acceptors (Lipinski definition) is 8. The molecule has 4 aromatic rings. The summed E-state index contributed by atoms with van der Waals surface area (Å²) in [6.07, 6.45) is 4.60. The average molecular weight is 510 g/mol. The molecule has 0 saturated carbocycles. The molecule has 0 spiro atoms. The Balaban J connectivity index is 1.38. The second-order valence-corrected chi connectivity index (χ2v) is 7.84. The number of nitro benzene ring substituents is 1. The number of hydrogen-bond donors (Lipinski definition) is 1. The van der Waals surface area contributed by atoms with Crippen LogP contribution in [0.25, 0.3) is 0 Å². The number of benzene rings is 2. The average Bonchev–Trinajstić information content (AvgIpc) is 3.51. The number of nitrogens with zero attached hydrogens (tertiary/aromatic N) is 4. The van der Waals surface area contributed by atoms with Gasteiger partial charge in [0.2, 0.25) is 0 Å². The highest BCUT2D eigenvalue weighted by molar-refractivity contribution is 6.30. The summed E-state index contributed by atoms with van der Waals surface area (Å²) in [5.41, 5.74) is 3.56. The quantitative estimate of drug-likeness (QED) is 0.190. The van der Waals surface area contributed by atoms with Crippen LogP contribution in [0.3, 0.4) is 0 Å². The molecule has 36 heavy (non-hydrogen) atoms. The monoisotopic (exact) mass is 509 g/mol. The molecule has 0 saturated heterocycles. The number of carbonyl (C=O) groups is 1. The minimum atomic E-state index is -0.524. The number of nitrogens with one attached hydrogen (secondary N) is 1. The van der Waals surface area contributed by atoms with E-state index in [4.69, 9.17) is 25.5 Å². The lowest BCUT2D eigenvalue weighted by molar-refractivity contribution is -0.385. The fraction of sp³-hybridized carbons (Fsp3) is 0.125. The summed E-state index contributed by atoms with van der Waals surface area (Å²) in [7, 11) is 1.51. The van der Waals surface area contributed by atoms with Crippen LogP contribution in [0.1, 0.15) is 27.4 Å². The van der Waals surface area contributed by atoms with Gasteiger partial charge in [0.25, 0.3) is 0 Å². The van der Waals surface area contributed by atoms with Crippen LogP contribution in [0.2, 0.25) is 5.02 Å². The van der Waals surface area contributed by atoms with Gasteiger partial charge >= 0.3 is 11.6 Å². The van der Waals surface area contributed by atoms with Crippen LogP contribution in [0.15, 0.2) is 76.5 Å². The van der Waals surface area contributed by atoms with Gasteiger partial charge in [-0.15, -0.1) is 0 Å². The lowest BCUT2D eigenvalue weighted by Gasteiger charge is -2.11. The molecule has 4 rings (SSSR count). The first-order valence-corrected chi connectivity index (χ1v) is 10.9. The first kappa shape index (κ1) is 24.5. The minimum absolute atomic E-state index is 0.0265. The molecule has 0 aliphatic heterocycles. The summed E-state index contributed by atoms with van der Waals surface area (Å²) < 4.78 is 18.2. The molecule has 0 unspecified atom stereocenters. The van der Waals surface area contributed by atoms with Gasteiger partial charge < -0.3 is 13.9 Å². The number of halogens is 1. The van der Waals surface area contributed by atoms with Crippen molar-refractivity contribution >= 4 is 29.4 Å². The molecule has 0 radical (unpaired) electrons. The molecule has 1 amide bonds. The number of hydrazone groups is 1. The van der Waals surface area contributed by atoms with Gasteiger partial charge in [-0.05, 0) is 42.0 Å². The molecule has 11 nitrogen and oxygen atoms in total. The third-order valence-electron chi connectivity index (χ3n) is 4.93. The maximum Gasteiger partial charge on any atom is 0.310 e. The molecule has 0 aliphatic rings. The molecule has 0 bridgehead atoms. The Bertz CT molecular complexity index is 1410. The number of ether oxygens (including phenoxy) is 2. The van der Waals surface area contributed by atoms with E-state index in [0.29, 0.717) is 34.2 Å². The zero-order chi connectivity index (χ0) is 25.5. The van der Waals surface area contributed by atoms with Crippen LogP contribution in [-0.2, 0) is 13.2 Å². The van der Waals surface area contributed by atoms with E-state index in [9.17, 15) is 14.9 Å². The number of aromatic nitrogens is 2. The summed E-state index contributed by atoms with van der Waals surface area (Å²) in [6.45, 7) is 0.352. The fourth-order valence-corrected chi connectivity index (χ4v) is 3.42. The Morgan fingerprint density at radius 2 is 2.08 bits per heavy atom. The van der Waals surface area contributed by atoms with E-state index in [2.05, 4.69) is 15.6 Å². The third-order valence-corrected chi connectivity index (χ3v) is 5.13. The second kappa shape index (κ2) is 11.2. The molecule has 2 heterocycles. The molecule has 0 atom stereocenters. The molecule has 0 fully saturated rings. The first-order chi connectivity index (χ1) is 17.4. The van der Waals surface area contributed by atoms with Gasteiger partial charge in [0, 0.05) is 17.8 Å². The topological polar surface area (TPSA) is 134 Å². The highest BCUT2D eigenvalue weighted by Crippen LogP contribution is 2.28. The molecule has 1 N–H and O–H groups in total. The normalized spacial score (nSPS) is 10.9. The van der Waals surface area contributed by atoms with Crippen LogP contribution in [0.5, 0.6) is 11.5 Å². The third kappa shape index (κ3) is 6.07. The lowest BCUT2D eigenvalue weighted by atomic mass is 10.1. The van der Waals surface area contributed by atoms with Gasteiger partial charge in [0.05, 0.1) is 36.0 Å². The van der Waals surface area contributed by atoms with Crippen LogP contribution < -0.4 is 14.9 Å². The number of para-hydroxylation sites is 2.